The fraction of sp³-hybridized carbons (Fsp3) is 0.500. The van der Waals surface area contributed by atoms with E-state index in [9.17, 15) is 5.11 Å². The van der Waals surface area contributed by atoms with Crippen molar-refractivity contribution in [2.45, 2.75) is 35.5 Å². The number of aliphatic hydroxyl groups excluding tert-OH is 1. The summed E-state index contributed by atoms with van der Waals surface area (Å²) < 4.78 is 0.0781. The van der Waals surface area contributed by atoms with E-state index in [1.807, 2.05) is 0 Å². The van der Waals surface area contributed by atoms with E-state index in [2.05, 4.69) is 31.2 Å². The zero-order chi connectivity index (χ0) is 10.9. The molecule has 1 aromatic carbocycles. The zero-order valence-electron chi connectivity index (χ0n) is 8.94. The molecule has 0 unspecified atom stereocenters. The average molecular weight is 223 g/mol. The maximum absolute atomic E-state index is 9.37. The van der Waals surface area contributed by atoms with Gasteiger partial charge in [-0.15, -0.1) is 11.8 Å². The van der Waals surface area contributed by atoms with E-state index >= 15 is 0 Å². The van der Waals surface area contributed by atoms with Gasteiger partial charge in [-0.25, -0.2) is 0 Å². The lowest BCUT2D eigenvalue weighted by molar-refractivity contribution is 0.0643. The van der Waals surface area contributed by atoms with Crippen LogP contribution in [0.5, 0.6) is 0 Å². The fourth-order valence-electron chi connectivity index (χ4n) is 1.95. The molecule has 1 aliphatic rings. The Labute approximate surface area is 94.9 Å². The number of thioether (sulfide) groups is 1. The van der Waals surface area contributed by atoms with Gasteiger partial charge < -0.3 is 10.8 Å². The molecule has 0 bridgehead atoms. The first-order valence-corrected chi connectivity index (χ1v) is 6.09. The Bertz CT molecular complexity index is 330. The summed E-state index contributed by atoms with van der Waals surface area (Å²) in [5, 5.41) is 9.37. The second-order valence-electron chi connectivity index (χ2n) is 4.36. The number of hydrogen-bond donors (Lipinski definition) is 2. The normalized spacial score (nSPS) is 29.9. The maximum atomic E-state index is 9.37. The van der Waals surface area contributed by atoms with Crippen molar-refractivity contribution in [3.05, 3.63) is 29.8 Å². The lowest BCUT2D eigenvalue weighted by Crippen LogP contribution is -2.49. The van der Waals surface area contributed by atoms with Crippen LogP contribution in [0.15, 0.2) is 29.2 Å². The summed E-state index contributed by atoms with van der Waals surface area (Å²) in [5.74, 6) is 0. The molecule has 0 spiro atoms. The number of nitrogens with two attached hydrogens (primary N) is 1. The predicted octanol–water partition coefficient (Wildman–Crippen LogP) is 1.94. The topological polar surface area (TPSA) is 46.2 Å². The van der Waals surface area contributed by atoms with Gasteiger partial charge in [0.2, 0.25) is 0 Å². The van der Waals surface area contributed by atoms with Gasteiger partial charge in [0, 0.05) is 16.2 Å². The van der Waals surface area contributed by atoms with Crippen molar-refractivity contribution >= 4 is 11.8 Å². The van der Waals surface area contributed by atoms with Crippen LogP contribution in [0.2, 0.25) is 0 Å². The molecule has 82 valence electrons. The summed E-state index contributed by atoms with van der Waals surface area (Å²) >= 11 is 1.81. The van der Waals surface area contributed by atoms with Gasteiger partial charge in [0.05, 0.1) is 6.10 Å². The first-order valence-electron chi connectivity index (χ1n) is 5.27. The SMILES string of the molecule is Cc1ccc(SC2(CN)CC(O)C2)cc1. The Hall–Kier alpha value is -0.510. The Morgan fingerprint density at radius 2 is 2.00 bits per heavy atom. The van der Waals surface area contributed by atoms with Crippen LogP contribution in [-0.4, -0.2) is 22.5 Å². The van der Waals surface area contributed by atoms with Gasteiger partial charge in [-0.3, -0.25) is 0 Å². The summed E-state index contributed by atoms with van der Waals surface area (Å²) in [7, 11) is 0. The standard InChI is InChI=1S/C12H17NOS/c1-9-2-4-11(5-3-9)15-12(8-13)6-10(14)7-12/h2-5,10,14H,6-8,13H2,1H3. The lowest BCUT2D eigenvalue weighted by Gasteiger charge is -2.44. The molecule has 2 nitrogen and oxygen atoms in total. The predicted molar refractivity (Wildman–Crippen MR) is 64.1 cm³/mol. The molecular formula is C12H17NOS. The summed E-state index contributed by atoms with van der Waals surface area (Å²) in [6.07, 6.45) is 1.50. The highest BCUT2D eigenvalue weighted by Crippen LogP contribution is 2.46. The highest BCUT2D eigenvalue weighted by atomic mass is 32.2. The molecule has 0 atom stereocenters. The van der Waals surface area contributed by atoms with Crippen LogP contribution in [0.4, 0.5) is 0 Å². The van der Waals surface area contributed by atoms with E-state index in [1.54, 1.807) is 11.8 Å². The minimum Gasteiger partial charge on any atom is -0.393 e. The molecule has 0 saturated heterocycles. The van der Waals surface area contributed by atoms with Crippen LogP contribution >= 0.6 is 11.8 Å². The second kappa shape index (κ2) is 4.16. The molecule has 2 rings (SSSR count). The molecule has 0 radical (unpaired) electrons. The zero-order valence-corrected chi connectivity index (χ0v) is 9.76. The number of aliphatic hydroxyl groups is 1. The van der Waals surface area contributed by atoms with E-state index in [0.29, 0.717) is 6.54 Å². The van der Waals surface area contributed by atoms with E-state index in [0.717, 1.165) is 12.8 Å². The smallest absolute Gasteiger partial charge is 0.0568 e. The van der Waals surface area contributed by atoms with Gasteiger partial charge in [-0.1, -0.05) is 17.7 Å². The third kappa shape index (κ3) is 2.36. The van der Waals surface area contributed by atoms with Crippen LogP contribution in [0.1, 0.15) is 18.4 Å². The molecule has 3 N–H and O–H groups in total. The molecule has 0 aliphatic heterocycles. The van der Waals surface area contributed by atoms with Gasteiger partial charge in [0.25, 0.3) is 0 Å². The Kier molecular flexibility index (Phi) is 3.05. The average Bonchev–Trinajstić information content (AvgIpc) is 2.18. The van der Waals surface area contributed by atoms with Gasteiger partial charge in [-0.2, -0.15) is 0 Å². The first-order chi connectivity index (χ1) is 7.13. The van der Waals surface area contributed by atoms with E-state index in [4.69, 9.17) is 5.73 Å². The van der Waals surface area contributed by atoms with E-state index < -0.39 is 0 Å². The van der Waals surface area contributed by atoms with Crippen molar-refractivity contribution in [3.63, 3.8) is 0 Å². The highest BCUT2D eigenvalue weighted by Gasteiger charge is 2.43. The molecule has 0 heterocycles. The minimum absolute atomic E-state index is 0.0781. The van der Waals surface area contributed by atoms with E-state index in [-0.39, 0.29) is 10.9 Å². The summed E-state index contributed by atoms with van der Waals surface area (Å²) in [4.78, 5) is 1.25. The molecule has 1 aliphatic carbocycles. The Morgan fingerprint density at radius 3 is 2.47 bits per heavy atom. The largest absolute Gasteiger partial charge is 0.393 e. The summed E-state index contributed by atoms with van der Waals surface area (Å²) in [6, 6.07) is 8.48. The number of aryl methyl sites for hydroxylation is 1. The van der Waals surface area contributed by atoms with Gasteiger partial charge in [-0.05, 0) is 31.9 Å². The lowest BCUT2D eigenvalue weighted by atomic mass is 9.81. The molecule has 15 heavy (non-hydrogen) atoms. The number of benzene rings is 1. The molecule has 0 aromatic heterocycles. The molecular weight excluding hydrogens is 206 g/mol. The van der Waals surface area contributed by atoms with Crippen molar-refractivity contribution in [2.75, 3.05) is 6.54 Å². The van der Waals surface area contributed by atoms with Crippen LogP contribution in [-0.2, 0) is 0 Å². The maximum Gasteiger partial charge on any atom is 0.0568 e. The minimum atomic E-state index is -0.147. The molecule has 1 aromatic rings. The molecule has 0 amide bonds. The Balaban J connectivity index is 2.04. The number of hydrogen-bond acceptors (Lipinski definition) is 3. The van der Waals surface area contributed by atoms with Gasteiger partial charge >= 0.3 is 0 Å². The third-order valence-corrected chi connectivity index (χ3v) is 4.38. The van der Waals surface area contributed by atoms with Crippen LogP contribution in [0, 0.1) is 6.92 Å². The van der Waals surface area contributed by atoms with Crippen molar-refractivity contribution in [1.82, 2.24) is 0 Å². The first kappa shape index (κ1) is 11.0. The summed E-state index contributed by atoms with van der Waals surface area (Å²) in [6.45, 7) is 2.73. The quantitative estimate of drug-likeness (QED) is 0.823. The van der Waals surface area contributed by atoms with Crippen molar-refractivity contribution in [3.8, 4) is 0 Å². The van der Waals surface area contributed by atoms with Crippen molar-refractivity contribution < 1.29 is 5.11 Å². The Morgan fingerprint density at radius 1 is 1.40 bits per heavy atom. The van der Waals surface area contributed by atoms with Crippen molar-refractivity contribution in [2.24, 2.45) is 5.73 Å². The van der Waals surface area contributed by atoms with Crippen LogP contribution in [0.25, 0.3) is 0 Å². The fourth-order valence-corrected chi connectivity index (χ4v) is 3.35. The molecule has 1 saturated carbocycles. The highest BCUT2D eigenvalue weighted by molar-refractivity contribution is 8.00. The van der Waals surface area contributed by atoms with Crippen molar-refractivity contribution in [1.29, 1.82) is 0 Å². The second-order valence-corrected chi connectivity index (χ2v) is 5.91. The van der Waals surface area contributed by atoms with Gasteiger partial charge in [0.15, 0.2) is 0 Å². The number of rotatable bonds is 3. The monoisotopic (exact) mass is 223 g/mol. The van der Waals surface area contributed by atoms with Crippen LogP contribution in [0.3, 0.4) is 0 Å². The van der Waals surface area contributed by atoms with E-state index in [1.165, 1.54) is 10.5 Å². The third-order valence-electron chi connectivity index (χ3n) is 2.94. The van der Waals surface area contributed by atoms with Gasteiger partial charge in [0.1, 0.15) is 0 Å². The molecule has 1 fully saturated rings. The summed E-state index contributed by atoms with van der Waals surface area (Å²) in [5.41, 5.74) is 7.05. The van der Waals surface area contributed by atoms with Crippen LogP contribution < -0.4 is 5.73 Å². The molecule has 3 heteroatoms.